The molecule has 2 nitrogen and oxygen atoms in total. The Kier molecular flexibility index (Phi) is 3.84. The monoisotopic (exact) mass is 206 g/mol. The minimum Gasteiger partial charge on any atom is -0.469 e. The van der Waals surface area contributed by atoms with E-state index in [1.165, 1.54) is 7.11 Å². The first kappa shape index (κ1) is 11.4. The summed E-state index contributed by atoms with van der Waals surface area (Å²) in [5.41, 5.74) is -0.815. The predicted octanol–water partition coefficient (Wildman–Crippen LogP) is 2.28. The van der Waals surface area contributed by atoms with Crippen LogP contribution in [0.3, 0.4) is 0 Å². The molecule has 82 valence electrons. The number of halogens is 2. The third-order valence-electron chi connectivity index (χ3n) is 3.15. The van der Waals surface area contributed by atoms with Gasteiger partial charge < -0.3 is 4.74 Å². The van der Waals surface area contributed by atoms with Gasteiger partial charge in [0.2, 0.25) is 0 Å². The summed E-state index contributed by atoms with van der Waals surface area (Å²) in [7, 11) is 1.34. The van der Waals surface area contributed by atoms with Gasteiger partial charge in [-0.1, -0.05) is 0 Å². The molecule has 0 spiro atoms. The van der Waals surface area contributed by atoms with Crippen LogP contribution in [0.25, 0.3) is 0 Å². The van der Waals surface area contributed by atoms with Crippen LogP contribution in [0.1, 0.15) is 25.7 Å². The Morgan fingerprint density at radius 3 is 2.21 bits per heavy atom. The van der Waals surface area contributed by atoms with Gasteiger partial charge in [-0.2, -0.15) is 0 Å². The lowest BCUT2D eigenvalue weighted by Gasteiger charge is -2.34. The van der Waals surface area contributed by atoms with Crippen LogP contribution in [0.5, 0.6) is 0 Å². The highest BCUT2D eigenvalue weighted by Gasteiger charge is 2.38. The zero-order valence-corrected chi connectivity index (χ0v) is 8.39. The van der Waals surface area contributed by atoms with Crippen LogP contribution in [0.4, 0.5) is 8.78 Å². The quantitative estimate of drug-likeness (QED) is 0.662. The molecule has 14 heavy (non-hydrogen) atoms. The number of esters is 1. The number of carbonyl (C=O) groups excluding carboxylic acids is 1. The molecule has 0 heterocycles. The molecule has 1 fully saturated rings. The van der Waals surface area contributed by atoms with Crippen molar-refractivity contribution >= 4 is 5.97 Å². The summed E-state index contributed by atoms with van der Waals surface area (Å²) in [5.74, 6) is -0.414. The van der Waals surface area contributed by atoms with Gasteiger partial charge in [-0.05, 0) is 25.7 Å². The molecule has 1 saturated carbocycles. The zero-order chi connectivity index (χ0) is 10.6. The van der Waals surface area contributed by atoms with Crippen molar-refractivity contribution in [2.24, 2.45) is 11.3 Å². The Labute approximate surface area is 82.6 Å². The third-order valence-corrected chi connectivity index (χ3v) is 3.15. The van der Waals surface area contributed by atoms with Crippen molar-refractivity contribution in [1.29, 1.82) is 0 Å². The average molecular weight is 206 g/mol. The number of methoxy groups -OCH3 is 1. The maximum atomic E-state index is 12.6. The molecule has 0 aromatic carbocycles. The number of hydrogen-bond acceptors (Lipinski definition) is 2. The number of hydrogen-bond donors (Lipinski definition) is 0. The fourth-order valence-electron chi connectivity index (χ4n) is 1.94. The van der Waals surface area contributed by atoms with E-state index >= 15 is 0 Å². The Morgan fingerprint density at radius 2 is 1.86 bits per heavy atom. The highest BCUT2D eigenvalue weighted by Crippen LogP contribution is 2.40. The van der Waals surface area contributed by atoms with Crippen molar-refractivity contribution in [1.82, 2.24) is 0 Å². The highest BCUT2D eigenvalue weighted by molar-refractivity contribution is 5.72. The summed E-state index contributed by atoms with van der Waals surface area (Å²) < 4.78 is 29.8. The molecule has 0 N–H and O–H groups in total. The lowest BCUT2D eigenvalue weighted by Crippen LogP contribution is -2.34. The van der Waals surface area contributed by atoms with Gasteiger partial charge in [-0.3, -0.25) is 13.6 Å². The molecule has 0 amide bonds. The van der Waals surface area contributed by atoms with Gasteiger partial charge in [0.15, 0.2) is 0 Å². The largest absolute Gasteiger partial charge is 0.469 e. The Balaban J connectivity index is 2.48. The summed E-state index contributed by atoms with van der Waals surface area (Å²) in [5, 5.41) is 0. The van der Waals surface area contributed by atoms with Gasteiger partial charge in [-0.25, -0.2) is 0 Å². The molecular formula is C10H16F2O2. The van der Waals surface area contributed by atoms with E-state index in [9.17, 15) is 13.6 Å². The van der Waals surface area contributed by atoms with Crippen LogP contribution in [-0.2, 0) is 9.53 Å². The lowest BCUT2D eigenvalue weighted by molar-refractivity contribution is -0.147. The van der Waals surface area contributed by atoms with Crippen molar-refractivity contribution in [2.75, 3.05) is 20.5 Å². The zero-order valence-electron chi connectivity index (χ0n) is 8.39. The molecule has 4 heteroatoms. The molecule has 0 radical (unpaired) electrons. The van der Waals surface area contributed by atoms with Crippen LogP contribution in [0, 0.1) is 11.3 Å². The molecule has 0 saturated heterocycles. The van der Waals surface area contributed by atoms with Crippen LogP contribution in [0.2, 0.25) is 0 Å². The predicted molar refractivity (Wildman–Crippen MR) is 48.4 cm³/mol. The van der Waals surface area contributed by atoms with Gasteiger partial charge >= 0.3 is 5.97 Å². The summed E-state index contributed by atoms with van der Waals surface area (Å²) in [6, 6.07) is 0. The number of carbonyl (C=O) groups is 1. The number of alkyl halides is 2. The number of rotatable bonds is 3. The molecule has 1 aliphatic carbocycles. The van der Waals surface area contributed by atoms with E-state index in [-0.39, 0.29) is 11.9 Å². The molecule has 0 aromatic rings. The summed E-state index contributed by atoms with van der Waals surface area (Å²) in [6.07, 6.45) is 1.97. The average Bonchev–Trinajstić information content (AvgIpc) is 2.28. The molecule has 1 aliphatic rings. The van der Waals surface area contributed by atoms with Crippen LogP contribution >= 0.6 is 0 Å². The molecule has 0 bridgehead atoms. The topological polar surface area (TPSA) is 26.3 Å². The maximum Gasteiger partial charge on any atom is 0.308 e. The molecule has 0 unspecified atom stereocenters. The molecule has 1 rings (SSSR count). The van der Waals surface area contributed by atoms with Crippen LogP contribution < -0.4 is 0 Å². The second kappa shape index (κ2) is 4.71. The van der Waals surface area contributed by atoms with Gasteiger partial charge in [0.05, 0.1) is 26.4 Å². The van der Waals surface area contributed by atoms with E-state index in [0.29, 0.717) is 25.7 Å². The molecular weight excluding hydrogens is 190 g/mol. The standard InChI is InChI=1S/C10H16F2O2/c1-14-9(13)8-2-4-10(6-11,7-12)5-3-8/h8H,2-7H2,1H3. The molecule has 0 aliphatic heterocycles. The van der Waals surface area contributed by atoms with Crippen molar-refractivity contribution in [3.8, 4) is 0 Å². The number of ether oxygens (including phenoxy) is 1. The second-order valence-corrected chi connectivity index (χ2v) is 4.06. The Hall–Kier alpha value is -0.670. The van der Waals surface area contributed by atoms with E-state index in [1.807, 2.05) is 0 Å². The van der Waals surface area contributed by atoms with Crippen molar-refractivity contribution in [3.63, 3.8) is 0 Å². The van der Waals surface area contributed by atoms with E-state index in [4.69, 9.17) is 0 Å². The third kappa shape index (κ3) is 2.22. The second-order valence-electron chi connectivity index (χ2n) is 4.06. The van der Waals surface area contributed by atoms with Crippen molar-refractivity contribution in [3.05, 3.63) is 0 Å². The van der Waals surface area contributed by atoms with E-state index < -0.39 is 18.8 Å². The first-order valence-electron chi connectivity index (χ1n) is 4.87. The van der Waals surface area contributed by atoms with E-state index in [0.717, 1.165) is 0 Å². The lowest BCUT2D eigenvalue weighted by atomic mass is 9.72. The normalized spacial score (nSPS) is 21.9. The van der Waals surface area contributed by atoms with E-state index in [2.05, 4.69) is 4.74 Å². The fraction of sp³-hybridized carbons (Fsp3) is 0.900. The van der Waals surface area contributed by atoms with Crippen LogP contribution in [-0.4, -0.2) is 26.4 Å². The van der Waals surface area contributed by atoms with Gasteiger partial charge in [0, 0.05) is 5.41 Å². The fourth-order valence-corrected chi connectivity index (χ4v) is 1.94. The summed E-state index contributed by atoms with van der Waals surface area (Å²) >= 11 is 0. The highest BCUT2D eigenvalue weighted by atomic mass is 19.1. The summed E-state index contributed by atoms with van der Waals surface area (Å²) in [6.45, 7) is -1.26. The van der Waals surface area contributed by atoms with Gasteiger partial charge in [0.1, 0.15) is 0 Å². The minimum absolute atomic E-state index is 0.161. The van der Waals surface area contributed by atoms with Gasteiger partial charge in [0.25, 0.3) is 0 Å². The minimum atomic E-state index is -0.815. The molecule has 0 aromatic heterocycles. The van der Waals surface area contributed by atoms with Crippen molar-refractivity contribution in [2.45, 2.75) is 25.7 Å². The first-order chi connectivity index (χ1) is 6.67. The summed E-state index contributed by atoms with van der Waals surface area (Å²) in [4.78, 5) is 11.1. The van der Waals surface area contributed by atoms with E-state index in [1.54, 1.807) is 0 Å². The smallest absolute Gasteiger partial charge is 0.308 e. The maximum absolute atomic E-state index is 12.6. The SMILES string of the molecule is COC(=O)C1CCC(CF)(CF)CC1. The van der Waals surface area contributed by atoms with Crippen molar-refractivity contribution < 1.29 is 18.3 Å². The first-order valence-corrected chi connectivity index (χ1v) is 4.87. The Bertz CT molecular complexity index is 192. The van der Waals surface area contributed by atoms with Crippen LogP contribution in [0.15, 0.2) is 0 Å². The Morgan fingerprint density at radius 1 is 1.36 bits per heavy atom. The molecule has 0 atom stereocenters. The van der Waals surface area contributed by atoms with Gasteiger partial charge in [-0.15, -0.1) is 0 Å².